The molecule has 1 aromatic heterocycles. The third kappa shape index (κ3) is 3.59. The van der Waals surface area contributed by atoms with Gasteiger partial charge in [0.15, 0.2) is 0 Å². The number of thiophene rings is 1. The Morgan fingerprint density at radius 2 is 2.17 bits per heavy atom. The lowest BCUT2D eigenvalue weighted by Crippen LogP contribution is -2.27. The molecule has 0 aliphatic heterocycles. The molecule has 0 saturated carbocycles. The summed E-state index contributed by atoms with van der Waals surface area (Å²) in [5.74, 6) is 0.371. The van der Waals surface area contributed by atoms with Crippen LogP contribution in [0.5, 0.6) is 5.75 Å². The summed E-state index contributed by atoms with van der Waals surface area (Å²) in [5, 5.41) is 17.5. The van der Waals surface area contributed by atoms with Gasteiger partial charge in [-0.25, -0.2) is 0 Å². The van der Waals surface area contributed by atoms with Crippen LogP contribution >= 0.6 is 11.3 Å². The average Bonchev–Trinajstić information content (AvgIpc) is 2.83. The van der Waals surface area contributed by atoms with Crippen molar-refractivity contribution in [1.29, 1.82) is 0 Å². The fourth-order valence-electron chi connectivity index (χ4n) is 1.97. The highest BCUT2D eigenvalue weighted by atomic mass is 32.1. The zero-order valence-corrected chi connectivity index (χ0v) is 11.6. The topological polar surface area (TPSA) is 32.3 Å². The van der Waals surface area contributed by atoms with Gasteiger partial charge in [-0.2, -0.15) is 11.3 Å². The number of aryl methyl sites for hydroxylation is 1. The molecule has 1 heterocycles. The smallest absolute Gasteiger partial charge is 0.120 e. The molecule has 0 spiro atoms. The van der Waals surface area contributed by atoms with Crippen molar-refractivity contribution >= 4 is 11.3 Å². The van der Waals surface area contributed by atoms with Crippen LogP contribution in [0.1, 0.15) is 23.6 Å². The number of hydrogen-bond donors (Lipinski definition) is 2. The molecular weight excluding hydrogens is 242 g/mol. The summed E-state index contributed by atoms with van der Waals surface area (Å²) < 4.78 is 0. The van der Waals surface area contributed by atoms with E-state index < -0.39 is 0 Å². The number of aromatic hydroxyl groups is 1. The predicted octanol–water partition coefficient (Wildman–Crippen LogP) is 3.48. The average molecular weight is 261 g/mol. The summed E-state index contributed by atoms with van der Waals surface area (Å²) >= 11 is 1.73. The van der Waals surface area contributed by atoms with E-state index in [1.807, 2.05) is 19.1 Å². The molecule has 0 fully saturated rings. The Kier molecular flexibility index (Phi) is 4.39. The van der Waals surface area contributed by atoms with Crippen LogP contribution in [0.4, 0.5) is 0 Å². The third-order valence-corrected chi connectivity index (χ3v) is 3.73. The van der Waals surface area contributed by atoms with Crippen molar-refractivity contribution in [2.24, 2.45) is 0 Å². The second kappa shape index (κ2) is 6.03. The minimum atomic E-state index is 0.371. The Morgan fingerprint density at radius 1 is 1.33 bits per heavy atom. The zero-order chi connectivity index (χ0) is 13.0. The maximum Gasteiger partial charge on any atom is 0.120 e. The van der Waals surface area contributed by atoms with E-state index in [2.05, 4.69) is 29.1 Å². The Labute approximate surface area is 112 Å². The van der Waals surface area contributed by atoms with Gasteiger partial charge in [0.05, 0.1) is 0 Å². The summed E-state index contributed by atoms with van der Waals surface area (Å²) in [7, 11) is 0. The molecule has 96 valence electrons. The predicted molar refractivity (Wildman–Crippen MR) is 77.2 cm³/mol. The zero-order valence-electron chi connectivity index (χ0n) is 10.8. The lowest BCUT2D eigenvalue weighted by molar-refractivity contribution is 0.458. The van der Waals surface area contributed by atoms with Gasteiger partial charge in [0.2, 0.25) is 0 Å². The molecule has 0 radical (unpaired) electrons. The summed E-state index contributed by atoms with van der Waals surface area (Å²) in [6, 6.07) is 8.27. The second-order valence-corrected chi connectivity index (χ2v) is 5.53. The van der Waals surface area contributed by atoms with Crippen molar-refractivity contribution < 1.29 is 5.11 Å². The lowest BCUT2D eigenvalue weighted by Gasteiger charge is -2.14. The first-order valence-corrected chi connectivity index (χ1v) is 7.12. The van der Waals surface area contributed by atoms with Gasteiger partial charge in [0.1, 0.15) is 5.75 Å². The number of phenolic OH excluding ortho intramolecular Hbond substituents is 1. The van der Waals surface area contributed by atoms with Crippen molar-refractivity contribution in [3.05, 3.63) is 51.7 Å². The number of nitrogens with one attached hydrogen (secondary N) is 1. The van der Waals surface area contributed by atoms with E-state index in [1.165, 1.54) is 11.1 Å². The molecule has 2 rings (SSSR count). The minimum Gasteiger partial charge on any atom is -0.508 e. The van der Waals surface area contributed by atoms with Gasteiger partial charge >= 0.3 is 0 Å². The molecule has 18 heavy (non-hydrogen) atoms. The SMILES string of the molecule is Cc1ccc(O)c(CNC(C)Cc2ccsc2)c1. The van der Waals surface area contributed by atoms with Crippen LogP contribution in [0.2, 0.25) is 0 Å². The van der Waals surface area contributed by atoms with Crippen LogP contribution in [0.3, 0.4) is 0 Å². The molecule has 2 nitrogen and oxygen atoms in total. The van der Waals surface area contributed by atoms with Gasteiger partial charge in [0.25, 0.3) is 0 Å². The van der Waals surface area contributed by atoms with E-state index >= 15 is 0 Å². The molecule has 0 bridgehead atoms. The van der Waals surface area contributed by atoms with E-state index in [0.717, 1.165) is 12.0 Å². The minimum absolute atomic E-state index is 0.371. The summed E-state index contributed by atoms with van der Waals surface area (Å²) in [5.41, 5.74) is 3.51. The van der Waals surface area contributed by atoms with Crippen molar-refractivity contribution in [3.8, 4) is 5.75 Å². The second-order valence-electron chi connectivity index (χ2n) is 4.75. The van der Waals surface area contributed by atoms with Gasteiger partial charge in [-0.05, 0) is 48.7 Å². The van der Waals surface area contributed by atoms with E-state index in [0.29, 0.717) is 18.3 Å². The van der Waals surface area contributed by atoms with Gasteiger partial charge in [-0.15, -0.1) is 0 Å². The molecule has 0 amide bonds. The number of rotatable bonds is 5. The van der Waals surface area contributed by atoms with E-state index in [1.54, 1.807) is 17.4 Å². The van der Waals surface area contributed by atoms with Gasteiger partial charge < -0.3 is 10.4 Å². The van der Waals surface area contributed by atoms with Crippen LogP contribution in [0.25, 0.3) is 0 Å². The first-order chi connectivity index (χ1) is 8.65. The first-order valence-electron chi connectivity index (χ1n) is 6.18. The highest BCUT2D eigenvalue weighted by molar-refractivity contribution is 7.07. The Bertz CT molecular complexity index is 493. The molecular formula is C15H19NOS. The van der Waals surface area contributed by atoms with Gasteiger partial charge in [-0.1, -0.05) is 17.7 Å². The van der Waals surface area contributed by atoms with Crippen LogP contribution in [0, 0.1) is 6.92 Å². The van der Waals surface area contributed by atoms with Crippen LogP contribution < -0.4 is 5.32 Å². The molecule has 0 saturated heterocycles. The number of phenols is 1. The molecule has 1 unspecified atom stereocenters. The lowest BCUT2D eigenvalue weighted by atomic mass is 10.1. The number of hydrogen-bond acceptors (Lipinski definition) is 3. The van der Waals surface area contributed by atoms with Gasteiger partial charge in [-0.3, -0.25) is 0 Å². The quantitative estimate of drug-likeness (QED) is 0.863. The normalized spacial score (nSPS) is 12.6. The molecule has 2 N–H and O–H groups in total. The summed E-state index contributed by atoms with van der Waals surface area (Å²) in [6.45, 7) is 4.92. The molecule has 1 atom stereocenters. The molecule has 0 aliphatic carbocycles. The fraction of sp³-hybridized carbons (Fsp3) is 0.333. The van der Waals surface area contributed by atoms with Crippen molar-refractivity contribution in [2.45, 2.75) is 32.9 Å². The molecule has 0 aliphatic rings. The Balaban J connectivity index is 1.89. The van der Waals surface area contributed by atoms with Crippen molar-refractivity contribution in [3.63, 3.8) is 0 Å². The summed E-state index contributed by atoms with van der Waals surface area (Å²) in [4.78, 5) is 0. The summed E-state index contributed by atoms with van der Waals surface area (Å²) in [6.07, 6.45) is 1.02. The monoisotopic (exact) mass is 261 g/mol. The maximum absolute atomic E-state index is 9.77. The van der Waals surface area contributed by atoms with E-state index in [4.69, 9.17) is 0 Å². The maximum atomic E-state index is 9.77. The van der Waals surface area contributed by atoms with Crippen molar-refractivity contribution in [2.75, 3.05) is 0 Å². The van der Waals surface area contributed by atoms with E-state index in [-0.39, 0.29) is 0 Å². The van der Waals surface area contributed by atoms with Crippen LogP contribution in [0.15, 0.2) is 35.0 Å². The molecule has 1 aromatic carbocycles. The molecule has 3 heteroatoms. The van der Waals surface area contributed by atoms with Crippen LogP contribution in [-0.2, 0) is 13.0 Å². The highest BCUT2D eigenvalue weighted by Crippen LogP contribution is 2.18. The molecule has 2 aromatic rings. The Hall–Kier alpha value is -1.32. The van der Waals surface area contributed by atoms with E-state index in [9.17, 15) is 5.11 Å². The van der Waals surface area contributed by atoms with Crippen LogP contribution in [-0.4, -0.2) is 11.1 Å². The Morgan fingerprint density at radius 3 is 2.89 bits per heavy atom. The largest absolute Gasteiger partial charge is 0.508 e. The standard InChI is InChI=1S/C15H19NOS/c1-11-3-4-15(17)14(7-11)9-16-12(2)8-13-5-6-18-10-13/h3-7,10,12,16-17H,8-9H2,1-2H3. The number of benzene rings is 1. The fourth-order valence-corrected chi connectivity index (χ4v) is 2.66. The van der Waals surface area contributed by atoms with Crippen molar-refractivity contribution in [1.82, 2.24) is 5.32 Å². The first kappa shape index (κ1) is 13.1. The highest BCUT2D eigenvalue weighted by Gasteiger charge is 2.06. The van der Waals surface area contributed by atoms with Gasteiger partial charge in [0, 0.05) is 18.2 Å². The third-order valence-electron chi connectivity index (χ3n) is 3.00.